The minimum Gasteiger partial charge on any atom is -0.384 e. The molecule has 0 aliphatic carbocycles. The maximum absolute atomic E-state index is 12.2. The van der Waals surface area contributed by atoms with E-state index in [-0.39, 0.29) is 17.9 Å². The van der Waals surface area contributed by atoms with E-state index in [2.05, 4.69) is 35.9 Å². The summed E-state index contributed by atoms with van der Waals surface area (Å²) in [6, 6.07) is 1.85. The third-order valence-electron chi connectivity index (χ3n) is 2.89. The smallest absolute Gasteiger partial charge is 0.261 e. The lowest BCUT2D eigenvalue weighted by Gasteiger charge is -2.28. The molecular weight excluding hydrogens is 284 g/mol. The van der Waals surface area contributed by atoms with Crippen LogP contribution in [0.3, 0.4) is 0 Å². The minimum absolute atomic E-state index is 0.0188. The molecule has 116 valence electrons. The lowest BCUT2D eigenvalue weighted by atomic mass is 9.93. The largest absolute Gasteiger partial charge is 0.384 e. The molecule has 0 aliphatic heterocycles. The highest BCUT2D eigenvalue weighted by molar-refractivity contribution is 7.14. The van der Waals surface area contributed by atoms with Crippen molar-refractivity contribution in [1.29, 1.82) is 0 Å². The Hall–Kier alpha value is -1.35. The van der Waals surface area contributed by atoms with E-state index in [0.717, 1.165) is 17.0 Å². The number of nitrogens with one attached hydrogen (secondary N) is 1. The molecule has 4 nitrogen and oxygen atoms in total. The Kier molecular flexibility index (Phi) is 6.41. The van der Waals surface area contributed by atoms with Gasteiger partial charge in [-0.2, -0.15) is 0 Å². The van der Waals surface area contributed by atoms with Gasteiger partial charge < -0.3 is 15.3 Å². The summed E-state index contributed by atoms with van der Waals surface area (Å²) in [5, 5.41) is 11.7. The molecule has 0 aromatic carbocycles. The molecule has 2 N–H and O–H groups in total. The molecule has 0 spiro atoms. The second kappa shape index (κ2) is 7.60. The predicted molar refractivity (Wildman–Crippen MR) is 87.7 cm³/mol. The first-order valence-corrected chi connectivity index (χ1v) is 7.70. The number of hydrogen-bond donors (Lipinski definition) is 2. The standard InChI is InChI=1S/C16H24N2O2S/c1-12-9-14(21-13(12)7-6-8-19)15(20)17-10-16(2,3)11-18(4)5/h9,19H,8,10-11H2,1-5H3,(H,17,20). The highest BCUT2D eigenvalue weighted by atomic mass is 32.1. The van der Waals surface area contributed by atoms with Crippen molar-refractivity contribution in [3.63, 3.8) is 0 Å². The van der Waals surface area contributed by atoms with E-state index in [9.17, 15) is 4.79 Å². The number of hydrogen-bond acceptors (Lipinski definition) is 4. The van der Waals surface area contributed by atoms with Gasteiger partial charge in [-0.3, -0.25) is 4.79 Å². The topological polar surface area (TPSA) is 52.6 Å². The van der Waals surface area contributed by atoms with Crippen molar-refractivity contribution in [3.8, 4) is 11.8 Å². The van der Waals surface area contributed by atoms with E-state index in [1.54, 1.807) is 0 Å². The van der Waals surface area contributed by atoms with Crippen LogP contribution in [-0.2, 0) is 0 Å². The molecule has 0 bridgehead atoms. The maximum atomic E-state index is 12.2. The Morgan fingerprint density at radius 2 is 2.14 bits per heavy atom. The van der Waals surface area contributed by atoms with Gasteiger partial charge in [0.15, 0.2) is 0 Å². The number of nitrogens with zero attached hydrogens (tertiary/aromatic N) is 1. The second-order valence-corrected chi connectivity index (χ2v) is 7.22. The lowest BCUT2D eigenvalue weighted by molar-refractivity contribution is 0.0933. The zero-order chi connectivity index (χ0) is 16.0. The van der Waals surface area contributed by atoms with Gasteiger partial charge in [0.05, 0.1) is 9.75 Å². The van der Waals surface area contributed by atoms with Crippen LogP contribution in [0.15, 0.2) is 6.07 Å². The minimum atomic E-state index is -0.169. The van der Waals surface area contributed by atoms with Crippen LogP contribution in [0.25, 0.3) is 0 Å². The number of rotatable bonds is 5. The van der Waals surface area contributed by atoms with Gasteiger partial charge in [0.25, 0.3) is 5.91 Å². The Morgan fingerprint density at radius 3 is 2.71 bits per heavy atom. The molecule has 1 amide bonds. The summed E-state index contributed by atoms with van der Waals surface area (Å²) in [7, 11) is 4.05. The van der Waals surface area contributed by atoms with Gasteiger partial charge in [0, 0.05) is 13.1 Å². The zero-order valence-electron chi connectivity index (χ0n) is 13.4. The van der Waals surface area contributed by atoms with Gasteiger partial charge >= 0.3 is 0 Å². The summed E-state index contributed by atoms with van der Waals surface area (Å²) in [4.78, 5) is 15.8. The van der Waals surface area contributed by atoms with Crippen LogP contribution in [0.1, 0.15) is 34.0 Å². The molecule has 1 aromatic rings. The molecule has 1 aromatic heterocycles. The third kappa shape index (κ3) is 5.88. The number of carbonyl (C=O) groups excluding carboxylic acids is 1. The Bertz CT molecular complexity index is 550. The predicted octanol–water partition coefficient (Wildman–Crippen LogP) is 1.72. The number of carbonyl (C=O) groups is 1. The molecule has 0 fully saturated rings. The van der Waals surface area contributed by atoms with Gasteiger partial charge in [-0.15, -0.1) is 11.3 Å². The second-order valence-electron chi connectivity index (χ2n) is 6.17. The summed E-state index contributed by atoms with van der Waals surface area (Å²) >= 11 is 1.36. The van der Waals surface area contributed by atoms with Crippen molar-refractivity contribution < 1.29 is 9.90 Å². The monoisotopic (exact) mass is 308 g/mol. The number of amides is 1. The number of thiophene rings is 1. The summed E-state index contributed by atoms with van der Waals surface area (Å²) < 4.78 is 0. The first kappa shape index (κ1) is 17.7. The average molecular weight is 308 g/mol. The van der Waals surface area contributed by atoms with Crippen molar-refractivity contribution in [1.82, 2.24) is 10.2 Å². The zero-order valence-corrected chi connectivity index (χ0v) is 14.2. The number of aryl methyl sites for hydroxylation is 1. The van der Waals surface area contributed by atoms with Crippen LogP contribution in [0.5, 0.6) is 0 Å². The van der Waals surface area contributed by atoms with Crippen LogP contribution < -0.4 is 5.32 Å². The molecule has 1 heterocycles. The van der Waals surface area contributed by atoms with E-state index in [0.29, 0.717) is 11.4 Å². The fraction of sp³-hybridized carbons (Fsp3) is 0.562. The Balaban J connectivity index is 2.68. The molecule has 0 saturated carbocycles. The number of aliphatic hydroxyl groups excluding tert-OH is 1. The van der Waals surface area contributed by atoms with Gasteiger partial charge in [-0.05, 0) is 38.1 Å². The van der Waals surface area contributed by atoms with Gasteiger partial charge in [-0.25, -0.2) is 0 Å². The molecule has 0 unspecified atom stereocenters. The molecule has 0 aliphatic rings. The summed E-state index contributed by atoms with van der Waals surface area (Å²) in [6.45, 7) is 7.54. The van der Waals surface area contributed by atoms with Crippen molar-refractivity contribution >= 4 is 17.2 Å². The van der Waals surface area contributed by atoms with Crippen LogP contribution in [0.2, 0.25) is 0 Å². The quantitative estimate of drug-likeness (QED) is 0.814. The van der Waals surface area contributed by atoms with Crippen molar-refractivity contribution in [2.75, 3.05) is 33.8 Å². The SMILES string of the molecule is Cc1cc(C(=O)NCC(C)(C)CN(C)C)sc1C#CCO. The first-order chi connectivity index (χ1) is 9.75. The molecular formula is C16H24N2O2S. The van der Waals surface area contributed by atoms with E-state index < -0.39 is 0 Å². The fourth-order valence-electron chi connectivity index (χ4n) is 2.16. The van der Waals surface area contributed by atoms with Crippen molar-refractivity contribution in [2.45, 2.75) is 20.8 Å². The van der Waals surface area contributed by atoms with Crippen LogP contribution >= 0.6 is 11.3 Å². The molecule has 21 heavy (non-hydrogen) atoms. The third-order valence-corrected chi connectivity index (χ3v) is 4.05. The average Bonchev–Trinajstić information content (AvgIpc) is 2.73. The van der Waals surface area contributed by atoms with E-state index in [1.807, 2.05) is 27.1 Å². The molecule has 5 heteroatoms. The van der Waals surface area contributed by atoms with Crippen LogP contribution in [-0.4, -0.2) is 49.7 Å². The fourth-order valence-corrected chi connectivity index (χ4v) is 3.12. The van der Waals surface area contributed by atoms with E-state index >= 15 is 0 Å². The van der Waals surface area contributed by atoms with Gasteiger partial charge in [-0.1, -0.05) is 25.7 Å². The van der Waals surface area contributed by atoms with Crippen LogP contribution in [0.4, 0.5) is 0 Å². The molecule has 0 saturated heterocycles. The normalized spacial score (nSPS) is 11.2. The van der Waals surface area contributed by atoms with Gasteiger partial charge in [0.1, 0.15) is 6.61 Å². The highest BCUT2D eigenvalue weighted by Gasteiger charge is 2.21. The molecule has 0 radical (unpaired) electrons. The number of aliphatic hydroxyl groups is 1. The lowest BCUT2D eigenvalue weighted by Crippen LogP contribution is -2.39. The summed E-state index contributed by atoms with van der Waals surface area (Å²) in [5.41, 5.74) is 0.990. The van der Waals surface area contributed by atoms with E-state index in [4.69, 9.17) is 5.11 Å². The maximum Gasteiger partial charge on any atom is 0.261 e. The van der Waals surface area contributed by atoms with Crippen LogP contribution in [0, 0.1) is 24.2 Å². The van der Waals surface area contributed by atoms with E-state index in [1.165, 1.54) is 11.3 Å². The van der Waals surface area contributed by atoms with Crippen molar-refractivity contribution in [3.05, 3.63) is 21.4 Å². The molecule has 1 rings (SSSR count). The summed E-state index contributed by atoms with van der Waals surface area (Å²) in [6.07, 6.45) is 0. The highest BCUT2D eigenvalue weighted by Crippen LogP contribution is 2.21. The molecule has 0 atom stereocenters. The first-order valence-electron chi connectivity index (χ1n) is 6.88. The van der Waals surface area contributed by atoms with Gasteiger partial charge in [0.2, 0.25) is 0 Å². The summed E-state index contributed by atoms with van der Waals surface area (Å²) in [5.74, 6) is 5.42. The Labute approximate surface area is 131 Å². The Morgan fingerprint density at radius 1 is 1.48 bits per heavy atom. The van der Waals surface area contributed by atoms with Crippen molar-refractivity contribution in [2.24, 2.45) is 5.41 Å².